The summed E-state index contributed by atoms with van der Waals surface area (Å²) in [6.07, 6.45) is -3.28. The Morgan fingerprint density at radius 1 is 1.40 bits per heavy atom. The number of nitrogens with zero attached hydrogens (tertiary/aromatic N) is 2. The minimum absolute atomic E-state index is 0.368. The molecule has 1 rings (SSSR count). The molecule has 0 aliphatic carbocycles. The second kappa shape index (κ2) is 4.00. The molecule has 6 heteroatoms. The molecule has 0 fully saturated rings. The first-order valence-electron chi connectivity index (χ1n) is 4.45. The van der Waals surface area contributed by atoms with Crippen molar-refractivity contribution in [2.45, 2.75) is 26.1 Å². The van der Waals surface area contributed by atoms with Crippen LogP contribution in [0.3, 0.4) is 0 Å². The van der Waals surface area contributed by atoms with Crippen molar-refractivity contribution in [1.29, 1.82) is 0 Å². The lowest BCUT2D eigenvalue weighted by molar-refractivity contribution is -0.153. The van der Waals surface area contributed by atoms with Gasteiger partial charge in [-0.05, 0) is 13.8 Å². The Morgan fingerprint density at radius 3 is 2.27 bits per heavy atom. The fraction of sp³-hybridized carbons (Fsp3) is 0.556. The number of aliphatic hydroxyl groups is 2. The van der Waals surface area contributed by atoms with Gasteiger partial charge >= 0.3 is 5.97 Å². The van der Waals surface area contributed by atoms with Gasteiger partial charge in [0.25, 0.3) is 0 Å². The average molecular weight is 214 g/mol. The number of carboxylic acids is 1. The lowest BCUT2D eigenvalue weighted by atomic mass is 10.0. The van der Waals surface area contributed by atoms with Gasteiger partial charge in [0, 0.05) is 18.3 Å². The Balaban J connectivity index is 3.10. The van der Waals surface area contributed by atoms with Gasteiger partial charge in [-0.25, -0.2) is 4.79 Å². The van der Waals surface area contributed by atoms with E-state index in [4.69, 9.17) is 5.11 Å². The number of rotatable bonds is 3. The van der Waals surface area contributed by atoms with E-state index < -0.39 is 18.2 Å². The van der Waals surface area contributed by atoms with Gasteiger partial charge in [0.1, 0.15) is 6.10 Å². The SMILES string of the molecule is Cc1nn(C)c(C)c1C(O)C(O)C(=O)O. The van der Waals surface area contributed by atoms with Crippen LogP contribution in [0, 0.1) is 13.8 Å². The molecule has 0 amide bonds. The smallest absolute Gasteiger partial charge is 0.335 e. The van der Waals surface area contributed by atoms with E-state index in [1.54, 1.807) is 20.9 Å². The van der Waals surface area contributed by atoms with Gasteiger partial charge in [-0.1, -0.05) is 0 Å². The van der Waals surface area contributed by atoms with Crippen molar-refractivity contribution >= 4 is 5.97 Å². The zero-order valence-corrected chi connectivity index (χ0v) is 8.80. The fourth-order valence-electron chi connectivity index (χ4n) is 1.51. The summed E-state index contributed by atoms with van der Waals surface area (Å²) >= 11 is 0. The van der Waals surface area contributed by atoms with E-state index in [9.17, 15) is 15.0 Å². The van der Waals surface area contributed by atoms with Gasteiger partial charge in [0.2, 0.25) is 0 Å². The molecule has 0 aliphatic heterocycles. The third-order valence-electron chi connectivity index (χ3n) is 2.41. The minimum atomic E-state index is -1.83. The molecule has 0 bridgehead atoms. The van der Waals surface area contributed by atoms with Crippen LogP contribution < -0.4 is 0 Å². The van der Waals surface area contributed by atoms with Crippen LogP contribution in [0.25, 0.3) is 0 Å². The van der Waals surface area contributed by atoms with E-state index >= 15 is 0 Å². The van der Waals surface area contributed by atoms with E-state index in [0.29, 0.717) is 17.0 Å². The first-order chi connectivity index (χ1) is 6.86. The van der Waals surface area contributed by atoms with Crippen LogP contribution in [0.2, 0.25) is 0 Å². The third kappa shape index (κ3) is 2.00. The van der Waals surface area contributed by atoms with Crippen molar-refractivity contribution in [3.63, 3.8) is 0 Å². The molecular weight excluding hydrogens is 200 g/mol. The van der Waals surface area contributed by atoms with Crippen LogP contribution in [0.1, 0.15) is 23.1 Å². The summed E-state index contributed by atoms with van der Waals surface area (Å²) in [5, 5.41) is 31.5. The number of hydrogen-bond acceptors (Lipinski definition) is 4. The monoisotopic (exact) mass is 214 g/mol. The highest BCUT2D eigenvalue weighted by molar-refractivity contribution is 5.73. The summed E-state index contributed by atoms with van der Waals surface area (Å²) in [7, 11) is 1.69. The topological polar surface area (TPSA) is 95.6 Å². The molecular formula is C9H14N2O4. The summed E-state index contributed by atoms with van der Waals surface area (Å²) in [5.41, 5.74) is 1.52. The fourth-order valence-corrected chi connectivity index (χ4v) is 1.51. The Hall–Kier alpha value is -1.40. The molecule has 0 saturated heterocycles. The number of carbonyl (C=O) groups is 1. The molecule has 1 heterocycles. The maximum atomic E-state index is 10.5. The van der Waals surface area contributed by atoms with Crippen LogP contribution in [0.4, 0.5) is 0 Å². The van der Waals surface area contributed by atoms with E-state index in [2.05, 4.69) is 5.10 Å². The molecule has 0 saturated carbocycles. The molecule has 1 aromatic rings. The van der Waals surface area contributed by atoms with Crippen LogP contribution in [-0.4, -0.2) is 37.2 Å². The number of aromatic nitrogens is 2. The van der Waals surface area contributed by atoms with Crippen molar-refractivity contribution in [2.24, 2.45) is 7.05 Å². The number of aryl methyl sites for hydroxylation is 2. The highest BCUT2D eigenvalue weighted by Crippen LogP contribution is 2.23. The molecule has 1 aromatic heterocycles. The van der Waals surface area contributed by atoms with Crippen LogP contribution in [0.5, 0.6) is 0 Å². The van der Waals surface area contributed by atoms with Gasteiger partial charge in [0.15, 0.2) is 6.10 Å². The van der Waals surface area contributed by atoms with Crippen LogP contribution >= 0.6 is 0 Å². The van der Waals surface area contributed by atoms with Gasteiger partial charge < -0.3 is 15.3 Å². The van der Waals surface area contributed by atoms with Crippen molar-refractivity contribution in [1.82, 2.24) is 9.78 Å². The van der Waals surface area contributed by atoms with Crippen molar-refractivity contribution in [3.05, 3.63) is 17.0 Å². The average Bonchev–Trinajstić information content (AvgIpc) is 2.39. The zero-order valence-electron chi connectivity index (χ0n) is 8.80. The Morgan fingerprint density at radius 2 is 1.93 bits per heavy atom. The van der Waals surface area contributed by atoms with Crippen LogP contribution in [-0.2, 0) is 11.8 Å². The summed E-state index contributed by atoms with van der Waals surface area (Å²) in [5.74, 6) is -1.45. The first kappa shape index (κ1) is 11.7. The molecule has 2 atom stereocenters. The Labute approximate surface area is 86.8 Å². The summed E-state index contributed by atoms with van der Waals surface area (Å²) < 4.78 is 1.53. The molecule has 6 nitrogen and oxygen atoms in total. The lowest BCUT2D eigenvalue weighted by Gasteiger charge is -2.14. The maximum Gasteiger partial charge on any atom is 0.335 e. The number of aliphatic carboxylic acids is 1. The lowest BCUT2D eigenvalue weighted by Crippen LogP contribution is -2.28. The van der Waals surface area contributed by atoms with Crippen LogP contribution in [0.15, 0.2) is 0 Å². The van der Waals surface area contributed by atoms with E-state index in [-0.39, 0.29) is 0 Å². The van der Waals surface area contributed by atoms with Gasteiger partial charge in [-0.3, -0.25) is 4.68 Å². The molecule has 0 aromatic carbocycles. The largest absolute Gasteiger partial charge is 0.479 e. The van der Waals surface area contributed by atoms with Gasteiger partial charge in [0.05, 0.1) is 5.69 Å². The molecule has 0 radical (unpaired) electrons. The summed E-state index contributed by atoms with van der Waals surface area (Å²) in [6, 6.07) is 0. The molecule has 3 N–H and O–H groups in total. The molecule has 2 unspecified atom stereocenters. The second-order valence-corrected chi connectivity index (χ2v) is 3.44. The normalized spacial score (nSPS) is 15.0. The molecule has 84 valence electrons. The quantitative estimate of drug-likeness (QED) is 0.631. The second-order valence-electron chi connectivity index (χ2n) is 3.44. The maximum absolute atomic E-state index is 10.5. The standard InChI is InChI=1S/C9H14N2O4/c1-4-6(5(2)11(3)10-4)7(12)8(13)9(14)15/h7-8,12-13H,1-3H3,(H,14,15). The molecule has 15 heavy (non-hydrogen) atoms. The Bertz CT molecular complexity index is 386. The van der Waals surface area contributed by atoms with Gasteiger partial charge in [-0.2, -0.15) is 5.10 Å². The van der Waals surface area contributed by atoms with E-state index in [0.717, 1.165) is 0 Å². The highest BCUT2D eigenvalue weighted by Gasteiger charge is 2.29. The van der Waals surface area contributed by atoms with Crippen molar-refractivity contribution < 1.29 is 20.1 Å². The third-order valence-corrected chi connectivity index (χ3v) is 2.41. The molecule has 0 aliphatic rings. The van der Waals surface area contributed by atoms with E-state index in [1.165, 1.54) is 4.68 Å². The first-order valence-corrected chi connectivity index (χ1v) is 4.45. The zero-order chi connectivity index (χ0) is 11.7. The number of hydrogen-bond donors (Lipinski definition) is 3. The predicted molar refractivity (Wildman–Crippen MR) is 51.3 cm³/mol. The highest BCUT2D eigenvalue weighted by atomic mass is 16.4. The number of aliphatic hydroxyl groups excluding tert-OH is 2. The van der Waals surface area contributed by atoms with Crippen molar-refractivity contribution in [3.8, 4) is 0 Å². The van der Waals surface area contributed by atoms with Crippen molar-refractivity contribution in [2.75, 3.05) is 0 Å². The minimum Gasteiger partial charge on any atom is -0.479 e. The summed E-state index contributed by atoms with van der Waals surface area (Å²) in [4.78, 5) is 10.5. The van der Waals surface area contributed by atoms with E-state index in [1.807, 2.05) is 0 Å². The summed E-state index contributed by atoms with van der Waals surface area (Å²) in [6.45, 7) is 3.35. The predicted octanol–water partition coefficient (Wildman–Crippen LogP) is -0.484. The van der Waals surface area contributed by atoms with Gasteiger partial charge in [-0.15, -0.1) is 0 Å². The number of carboxylic acid groups (broad SMARTS) is 1. The Kier molecular flexibility index (Phi) is 3.11. The molecule has 0 spiro atoms.